The molecule has 0 radical (unpaired) electrons. The van der Waals surface area contributed by atoms with Gasteiger partial charge >= 0.3 is 5.97 Å². The predicted molar refractivity (Wildman–Crippen MR) is 90.6 cm³/mol. The van der Waals surface area contributed by atoms with E-state index < -0.39 is 5.97 Å². The Morgan fingerprint density at radius 2 is 1.87 bits per heavy atom. The van der Waals surface area contributed by atoms with Crippen molar-refractivity contribution in [1.82, 2.24) is 0 Å². The third kappa shape index (κ3) is 4.72. The molecule has 2 aromatic carbocycles. The Labute approximate surface area is 139 Å². The molecule has 6 heteroatoms. The second kappa shape index (κ2) is 7.65. The van der Waals surface area contributed by atoms with Crippen molar-refractivity contribution in [3.05, 3.63) is 58.6 Å². The molecule has 0 aliphatic rings. The van der Waals surface area contributed by atoms with Crippen LogP contribution in [0.4, 0.5) is 11.4 Å². The molecule has 23 heavy (non-hydrogen) atoms. The van der Waals surface area contributed by atoms with Gasteiger partial charge in [0.1, 0.15) is 0 Å². The Bertz CT molecular complexity index is 714. The highest BCUT2D eigenvalue weighted by atomic mass is 35.5. The van der Waals surface area contributed by atoms with Gasteiger partial charge in [0, 0.05) is 5.02 Å². The SMILES string of the molecule is CCOC(=O)c1ccc(N)c(NC(=O)Cc2ccc(Cl)cc2)c1. The summed E-state index contributed by atoms with van der Waals surface area (Å²) < 4.78 is 4.93. The monoisotopic (exact) mass is 332 g/mol. The average Bonchev–Trinajstić information content (AvgIpc) is 2.52. The van der Waals surface area contributed by atoms with Crippen molar-refractivity contribution < 1.29 is 14.3 Å². The van der Waals surface area contributed by atoms with Crippen molar-refractivity contribution in [2.45, 2.75) is 13.3 Å². The molecule has 0 aliphatic heterocycles. The molecule has 0 saturated carbocycles. The molecule has 3 N–H and O–H groups in total. The fourth-order valence-electron chi connectivity index (χ4n) is 1.99. The maximum absolute atomic E-state index is 12.1. The maximum atomic E-state index is 12.1. The van der Waals surface area contributed by atoms with Gasteiger partial charge in [-0.3, -0.25) is 4.79 Å². The Morgan fingerprint density at radius 1 is 1.17 bits per heavy atom. The number of halogens is 1. The van der Waals surface area contributed by atoms with Crippen LogP contribution in [0.5, 0.6) is 0 Å². The lowest BCUT2D eigenvalue weighted by atomic mass is 10.1. The number of amides is 1. The highest BCUT2D eigenvalue weighted by molar-refractivity contribution is 6.30. The number of anilines is 2. The van der Waals surface area contributed by atoms with Crippen LogP contribution in [0.2, 0.25) is 5.02 Å². The second-order valence-electron chi connectivity index (χ2n) is 4.87. The highest BCUT2D eigenvalue weighted by Crippen LogP contribution is 2.21. The van der Waals surface area contributed by atoms with Crippen molar-refractivity contribution in [3.8, 4) is 0 Å². The van der Waals surface area contributed by atoms with E-state index in [4.69, 9.17) is 22.1 Å². The van der Waals surface area contributed by atoms with Gasteiger partial charge in [-0.25, -0.2) is 4.79 Å². The van der Waals surface area contributed by atoms with E-state index in [1.807, 2.05) is 0 Å². The van der Waals surface area contributed by atoms with E-state index in [1.165, 1.54) is 6.07 Å². The van der Waals surface area contributed by atoms with Gasteiger partial charge in [-0.15, -0.1) is 0 Å². The minimum absolute atomic E-state index is 0.181. The van der Waals surface area contributed by atoms with Crippen LogP contribution in [0.25, 0.3) is 0 Å². The molecule has 120 valence electrons. The number of carbonyl (C=O) groups is 2. The van der Waals surface area contributed by atoms with Crippen LogP contribution in [0, 0.1) is 0 Å². The summed E-state index contributed by atoms with van der Waals surface area (Å²) in [6.07, 6.45) is 0.181. The molecule has 0 aliphatic carbocycles. The molecule has 5 nitrogen and oxygen atoms in total. The summed E-state index contributed by atoms with van der Waals surface area (Å²) in [6, 6.07) is 11.6. The van der Waals surface area contributed by atoms with Gasteiger partial charge in [0.15, 0.2) is 0 Å². The third-order valence-corrected chi connectivity index (χ3v) is 3.37. The summed E-state index contributed by atoms with van der Waals surface area (Å²) in [7, 11) is 0. The molecule has 0 bridgehead atoms. The van der Waals surface area contributed by atoms with Crippen molar-refractivity contribution in [2.24, 2.45) is 0 Å². The molecule has 0 aromatic heterocycles. The number of ether oxygens (including phenoxy) is 1. The summed E-state index contributed by atoms with van der Waals surface area (Å²) >= 11 is 5.81. The van der Waals surface area contributed by atoms with Gasteiger partial charge in [-0.1, -0.05) is 23.7 Å². The molecule has 0 heterocycles. The fraction of sp³-hybridized carbons (Fsp3) is 0.176. The zero-order chi connectivity index (χ0) is 16.8. The van der Waals surface area contributed by atoms with Crippen LogP contribution in [-0.2, 0) is 16.0 Å². The lowest BCUT2D eigenvalue weighted by Crippen LogP contribution is -2.16. The number of carbonyl (C=O) groups excluding carboxylic acids is 2. The fourth-order valence-corrected chi connectivity index (χ4v) is 2.11. The largest absolute Gasteiger partial charge is 0.462 e. The van der Waals surface area contributed by atoms with Crippen molar-refractivity contribution in [2.75, 3.05) is 17.7 Å². The molecule has 2 aromatic rings. The summed E-state index contributed by atoms with van der Waals surface area (Å²) in [6.45, 7) is 2.01. The van der Waals surface area contributed by atoms with Crippen molar-refractivity contribution >= 4 is 34.9 Å². The van der Waals surface area contributed by atoms with Gasteiger partial charge < -0.3 is 15.8 Å². The van der Waals surface area contributed by atoms with Crippen molar-refractivity contribution in [1.29, 1.82) is 0 Å². The van der Waals surface area contributed by atoms with Gasteiger partial charge in [-0.05, 0) is 42.8 Å². The average molecular weight is 333 g/mol. The maximum Gasteiger partial charge on any atom is 0.338 e. The number of esters is 1. The van der Waals surface area contributed by atoms with Gasteiger partial charge in [0.25, 0.3) is 0 Å². The lowest BCUT2D eigenvalue weighted by Gasteiger charge is -2.10. The molecular formula is C17H17ClN2O3. The smallest absolute Gasteiger partial charge is 0.338 e. The highest BCUT2D eigenvalue weighted by Gasteiger charge is 2.11. The molecule has 1 amide bonds. The quantitative estimate of drug-likeness (QED) is 0.650. The Kier molecular flexibility index (Phi) is 5.60. The number of hydrogen-bond acceptors (Lipinski definition) is 4. The van der Waals surface area contributed by atoms with Crippen LogP contribution in [-0.4, -0.2) is 18.5 Å². The topological polar surface area (TPSA) is 81.4 Å². The van der Waals surface area contributed by atoms with Crippen LogP contribution >= 0.6 is 11.6 Å². The summed E-state index contributed by atoms with van der Waals surface area (Å²) in [4.78, 5) is 23.8. The molecule has 0 atom stereocenters. The summed E-state index contributed by atoms with van der Waals surface area (Å²) in [5.41, 5.74) is 7.76. The molecular weight excluding hydrogens is 316 g/mol. The summed E-state index contributed by atoms with van der Waals surface area (Å²) in [5, 5.41) is 3.32. The molecule has 0 unspecified atom stereocenters. The van der Waals surface area contributed by atoms with E-state index in [2.05, 4.69) is 5.32 Å². The predicted octanol–water partition coefficient (Wildman–Crippen LogP) is 3.28. The Morgan fingerprint density at radius 3 is 2.52 bits per heavy atom. The number of nitrogens with two attached hydrogens (primary N) is 1. The second-order valence-corrected chi connectivity index (χ2v) is 5.31. The van der Waals surface area contributed by atoms with E-state index in [0.717, 1.165) is 5.56 Å². The Hall–Kier alpha value is -2.53. The molecule has 0 saturated heterocycles. The van der Waals surface area contributed by atoms with E-state index in [9.17, 15) is 9.59 Å². The molecule has 0 spiro atoms. The lowest BCUT2D eigenvalue weighted by molar-refractivity contribution is -0.115. The van der Waals surface area contributed by atoms with Crippen LogP contribution < -0.4 is 11.1 Å². The minimum atomic E-state index is -0.458. The first-order chi connectivity index (χ1) is 11.0. The third-order valence-electron chi connectivity index (χ3n) is 3.12. The van der Waals surface area contributed by atoms with E-state index in [1.54, 1.807) is 43.3 Å². The standard InChI is InChI=1S/C17H17ClN2O3/c1-2-23-17(22)12-5-8-14(19)15(10-12)20-16(21)9-11-3-6-13(18)7-4-11/h3-8,10H,2,9,19H2,1H3,(H,20,21). The Balaban J connectivity index is 2.09. The first kappa shape index (κ1) is 16.8. The van der Waals surface area contributed by atoms with Gasteiger partial charge in [0.2, 0.25) is 5.91 Å². The van der Waals surface area contributed by atoms with E-state index >= 15 is 0 Å². The zero-order valence-corrected chi connectivity index (χ0v) is 13.4. The van der Waals surface area contributed by atoms with Crippen LogP contribution in [0.1, 0.15) is 22.8 Å². The molecule has 0 fully saturated rings. The van der Waals surface area contributed by atoms with Gasteiger partial charge in [-0.2, -0.15) is 0 Å². The minimum Gasteiger partial charge on any atom is -0.462 e. The van der Waals surface area contributed by atoms with Crippen molar-refractivity contribution in [3.63, 3.8) is 0 Å². The van der Waals surface area contributed by atoms with Crippen LogP contribution in [0.15, 0.2) is 42.5 Å². The van der Waals surface area contributed by atoms with Crippen LogP contribution in [0.3, 0.4) is 0 Å². The number of rotatable bonds is 5. The molecule has 2 rings (SSSR count). The first-order valence-electron chi connectivity index (χ1n) is 7.10. The number of nitrogen functional groups attached to an aromatic ring is 1. The summed E-state index contributed by atoms with van der Waals surface area (Å²) in [5.74, 6) is -0.694. The number of hydrogen-bond donors (Lipinski definition) is 2. The van der Waals surface area contributed by atoms with Gasteiger partial charge in [0.05, 0.1) is 30.0 Å². The normalized spacial score (nSPS) is 10.2. The van der Waals surface area contributed by atoms with E-state index in [0.29, 0.717) is 22.0 Å². The zero-order valence-electron chi connectivity index (χ0n) is 12.6. The number of nitrogens with one attached hydrogen (secondary N) is 1. The number of benzene rings is 2. The first-order valence-corrected chi connectivity index (χ1v) is 7.48. The van der Waals surface area contributed by atoms with E-state index in [-0.39, 0.29) is 18.9 Å².